The third-order valence-electron chi connectivity index (χ3n) is 6.31. The van der Waals surface area contributed by atoms with Crippen LogP contribution in [0.25, 0.3) is 6.08 Å². The van der Waals surface area contributed by atoms with Crippen molar-refractivity contribution < 1.29 is 38.1 Å². The van der Waals surface area contributed by atoms with Crippen LogP contribution in [-0.2, 0) is 4.79 Å². The second-order valence-corrected chi connectivity index (χ2v) is 9.22. The molecule has 11 heteroatoms. The number of carbonyl (C=O) groups is 3. The number of benzene rings is 4. The van der Waals surface area contributed by atoms with Crippen molar-refractivity contribution in [3.63, 3.8) is 0 Å². The van der Waals surface area contributed by atoms with Crippen molar-refractivity contribution in [2.24, 2.45) is 5.10 Å². The number of nitrogens with zero attached hydrogens (tertiary/aromatic N) is 1. The second-order valence-electron chi connectivity index (χ2n) is 9.22. The summed E-state index contributed by atoms with van der Waals surface area (Å²) in [6.45, 7) is 0.103. The zero-order chi connectivity index (χ0) is 30.9. The van der Waals surface area contributed by atoms with Crippen LogP contribution in [0.3, 0.4) is 0 Å². The molecule has 0 aromatic heterocycles. The van der Waals surface area contributed by atoms with Gasteiger partial charge in [0.15, 0.2) is 23.0 Å². The van der Waals surface area contributed by atoms with Crippen molar-refractivity contribution in [3.05, 3.63) is 119 Å². The predicted octanol–water partition coefficient (Wildman–Crippen LogP) is 4.57. The van der Waals surface area contributed by atoms with E-state index in [2.05, 4.69) is 15.8 Å². The molecule has 1 aliphatic rings. The summed E-state index contributed by atoms with van der Waals surface area (Å²) >= 11 is 0. The van der Waals surface area contributed by atoms with E-state index in [0.29, 0.717) is 39.5 Å². The van der Waals surface area contributed by atoms with E-state index < -0.39 is 17.8 Å². The maximum absolute atomic E-state index is 13.2. The van der Waals surface area contributed by atoms with Crippen LogP contribution in [-0.4, -0.2) is 45.0 Å². The molecular formula is C33H27N3O8. The minimum absolute atomic E-state index is 0.0488. The molecule has 0 fully saturated rings. The summed E-state index contributed by atoms with van der Waals surface area (Å²) in [5.74, 6) is 0.373. The maximum Gasteiger partial charge on any atom is 0.343 e. The van der Waals surface area contributed by atoms with E-state index in [-0.39, 0.29) is 24.0 Å². The lowest BCUT2D eigenvalue weighted by Crippen LogP contribution is -2.32. The van der Waals surface area contributed by atoms with E-state index in [9.17, 15) is 14.4 Å². The van der Waals surface area contributed by atoms with Gasteiger partial charge in [0, 0.05) is 5.56 Å². The maximum atomic E-state index is 13.2. The zero-order valence-corrected chi connectivity index (χ0v) is 23.7. The first-order valence-electron chi connectivity index (χ1n) is 13.3. The number of rotatable bonds is 10. The molecule has 222 valence electrons. The lowest BCUT2D eigenvalue weighted by Gasteiger charge is -2.11. The second kappa shape index (κ2) is 13.7. The van der Waals surface area contributed by atoms with Crippen LogP contribution in [0.1, 0.15) is 31.8 Å². The molecule has 44 heavy (non-hydrogen) atoms. The highest BCUT2D eigenvalue weighted by Crippen LogP contribution is 2.33. The Morgan fingerprint density at radius 1 is 0.773 bits per heavy atom. The van der Waals surface area contributed by atoms with E-state index in [1.54, 1.807) is 91.0 Å². The number of amides is 2. The van der Waals surface area contributed by atoms with E-state index in [4.69, 9.17) is 23.7 Å². The van der Waals surface area contributed by atoms with Crippen molar-refractivity contribution in [2.45, 2.75) is 0 Å². The van der Waals surface area contributed by atoms with E-state index in [1.807, 2.05) is 0 Å². The van der Waals surface area contributed by atoms with E-state index >= 15 is 0 Å². The Morgan fingerprint density at radius 3 is 2.34 bits per heavy atom. The third-order valence-corrected chi connectivity index (χ3v) is 6.31. The van der Waals surface area contributed by atoms with E-state index in [1.165, 1.54) is 26.5 Å². The highest BCUT2D eigenvalue weighted by molar-refractivity contribution is 6.05. The number of hydrogen-bond acceptors (Lipinski definition) is 9. The van der Waals surface area contributed by atoms with Crippen molar-refractivity contribution in [3.8, 4) is 28.7 Å². The predicted molar refractivity (Wildman–Crippen MR) is 161 cm³/mol. The quantitative estimate of drug-likeness (QED) is 0.0898. The molecule has 0 atom stereocenters. The van der Waals surface area contributed by atoms with Crippen LogP contribution in [0.2, 0.25) is 0 Å². The van der Waals surface area contributed by atoms with Gasteiger partial charge >= 0.3 is 5.97 Å². The van der Waals surface area contributed by atoms with E-state index in [0.717, 1.165) is 0 Å². The fraction of sp³-hybridized carbons (Fsp3) is 0.0909. The normalized spacial score (nSPS) is 12.0. The van der Waals surface area contributed by atoms with Gasteiger partial charge in [-0.3, -0.25) is 9.59 Å². The number of carbonyl (C=O) groups excluding carboxylic acids is 3. The summed E-state index contributed by atoms with van der Waals surface area (Å²) in [6.07, 6.45) is 2.88. The SMILES string of the molecule is COc1cccc(C(=O)Oc2ccc(/C=N\NC(=O)/C(=C\c3ccc4c(c3)OCO4)NC(=O)c3ccccc3)cc2OC)c1. The number of esters is 1. The van der Waals surface area contributed by atoms with Gasteiger partial charge in [-0.1, -0.05) is 30.3 Å². The lowest BCUT2D eigenvalue weighted by atomic mass is 10.1. The number of nitrogens with one attached hydrogen (secondary N) is 2. The molecule has 4 aromatic rings. The Balaban J connectivity index is 1.30. The minimum Gasteiger partial charge on any atom is -0.497 e. The summed E-state index contributed by atoms with van der Waals surface area (Å²) in [6, 6.07) is 25.0. The molecule has 1 heterocycles. The first kappa shape index (κ1) is 29.4. The molecule has 5 rings (SSSR count). The molecule has 2 amide bonds. The van der Waals surface area contributed by atoms with Crippen molar-refractivity contribution in [1.29, 1.82) is 0 Å². The van der Waals surface area contributed by atoms with Crippen LogP contribution in [0.15, 0.2) is 102 Å². The van der Waals surface area contributed by atoms with Gasteiger partial charge in [0.1, 0.15) is 11.4 Å². The Labute approximate surface area is 252 Å². The smallest absolute Gasteiger partial charge is 0.343 e. The van der Waals surface area contributed by atoms with Crippen LogP contribution in [0, 0.1) is 0 Å². The molecule has 0 radical (unpaired) electrons. The van der Waals surface area contributed by atoms with Crippen molar-refractivity contribution >= 4 is 30.1 Å². The van der Waals surface area contributed by atoms with Crippen LogP contribution < -0.4 is 34.4 Å². The molecule has 0 saturated carbocycles. The Hall–Kier alpha value is -6.10. The van der Waals surface area contributed by atoms with Gasteiger partial charge in [0.05, 0.1) is 26.0 Å². The first-order valence-corrected chi connectivity index (χ1v) is 13.3. The summed E-state index contributed by atoms with van der Waals surface area (Å²) in [5, 5.41) is 6.69. The summed E-state index contributed by atoms with van der Waals surface area (Å²) < 4.78 is 26.8. The van der Waals surface area contributed by atoms with Crippen LogP contribution in [0.5, 0.6) is 28.7 Å². The van der Waals surface area contributed by atoms with Gasteiger partial charge in [0.2, 0.25) is 6.79 Å². The summed E-state index contributed by atoms with van der Waals surface area (Å²) in [4.78, 5) is 38.7. The van der Waals surface area contributed by atoms with Gasteiger partial charge in [-0.15, -0.1) is 0 Å². The number of hydrogen-bond donors (Lipinski definition) is 2. The average molecular weight is 594 g/mol. The summed E-state index contributed by atoms with van der Waals surface area (Å²) in [7, 11) is 2.94. The van der Waals surface area contributed by atoms with Crippen molar-refractivity contribution in [2.75, 3.05) is 21.0 Å². The number of methoxy groups -OCH3 is 2. The third kappa shape index (κ3) is 7.21. The number of fused-ring (bicyclic) bond motifs is 1. The lowest BCUT2D eigenvalue weighted by molar-refractivity contribution is -0.117. The average Bonchev–Trinajstić information content (AvgIpc) is 3.53. The first-order chi connectivity index (χ1) is 21.4. The number of hydrazone groups is 1. The molecule has 1 aliphatic heterocycles. The molecule has 0 spiro atoms. The van der Waals surface area contributed by atoms with Crippen molar-refractivity contribution in [1.82, 2.24) is 10.7 Å². The molecule has 0 aliphatic carbocycles. The Kier molecular flexibility index (Phi) is 9.16. The van der Waals surface area contributed by atoms with Crippen LogP contribution >= 0.6 is 0 Å². The molecular weight excluding hydrogens is 566 g/mol. The number of ether oxygens (including phenoxy) is 5. The fourth-order valence-corrected chi connectivity index (χ4v) is 4.10. The topological polar surface area (TPSA) is 134 Å². The van der Waals surface area contributed by atoms with Gasteiger partial charge in [-0.25, -0.2) is 10.2 Å². The van der Waals surface area contributed by atoms with Gasteiger partial charge < -0.3 is 29.0 Å². The monoisotopic (exact) mass is 593 g/mol. The standard InChI is InChI=1S/C33H27N3O8/c1-40-25-10-6-9-24(18-25)33(39)44-28-14-12-22(17-29(28)41-2)19-34-36-32(38)26(35-31(37)23-7-4-3-5-8-23)15-21-11-13-27-30(16-21)43-20-42-27/h3-19H,20H2,1-2H3,(H,35,37)(H,36,38)/b26-15+,34-19-. The molecule has 11 nitrogen and oxygen atoms in total. The van der Waals surface area contributed by atoms with Crippen LogP contribution in [0.4, 0.5) is 0 Å². The Bertz CT molecular complexity index is 1750. The summed E-state index contributed by atoms with van der Waals surface area (Å²) in [5.41, 5.74) is 4.20. The van der Waals surface area contributed by atoms with Gasteiger partial charge in [0.25, 0.3) is 11.8 Å². The van der Waals surface area contributed by atoms with Gasteiger partial charge in [-0.2, -0.15) is 5.10 Å². The molecule has 0 bridgehead atoms. The molecule has 0 unspecified atom stereocenters. The Morgan fingerprint density at radius 2 is 1.55 bits per heavy atom. The van der Waals surface area contributed by atoms with Gasteiger partial charge in [-0.05, 0) is 77.9 Å². The molecule has 2 N–H and O–H groups in total. The molecule has 0 saturated heterocycles. The minimum atomic E-state index is -0.668. The highest BCUT2D eigenvalue weighted by atomic mass is 16.7. The fourth-order valence-electron chi connectivity index (χ4n) is 4.10. The highest BCUT2D eigenvalue weighted by Gasteiger charge is 2.17. The zero-order valence-electron chi connectivity index (χ0n) is 23.7. The largest absolute Gasteiger partial charge is 0.497 e. The molecule has 4 aromatic carbocycles.